The van der Waals surface area contributed by atoms with Gasteiger partial charge in [0.2, 0.25) is 0 Å². The van der Waals surface area contributed by atoms with Crippen LogP contribution >= 0.6 is 11.3 Å². The number of likely N-dealkylation sites (tertiary alicyclic amines) is 1. The number of hydrogen-bond donors (Lipinski definition) is 1. The zero-order chi connectivity index (χ0) is 13.1. The van der Waals surface area contributed by atoms with Gasteiger partial charge < -0.3 is 5.73 Å². The number of thiazole rings is 1. The van der Waals surface area contributed by atoms with Crippen molar-refractivity contribution < 1.29 is 0 Å². The van der Waals surface area contributed by atoms with E-state index in [1.807, 2.05) is 0 Å². The summed E-state index contributed by atoms with van der Waals surface area (Å²) in [5.41, 5.74) is 6.79. The zero-order valence-corrected chi connectivity index (χ0v) is 12.5. The van der Waals surface area contributed by atoms with Crippen molar-refractivity contribution in [3.8, 4) is 0 Å². The maximum Gasteiger partial charge on any atom is 0.0941 e. The van der Waals surface area contributed by atoms with E-state index in [-0.39, 0.29) is 0 Å². The third-order valence-electron chi connectivity index (χ3n) is 4.04. The van der Waals surface area contributed by atoms with Gasteiger partial charge in [0.15, 0.2) is 0 Å². The van der Waals surface area contributed by atoms with Crippen LogP contribution in [0.1, 0.15) is 37.9 Å². The molecule has 3 nitrogen and oxygen atoms in total. The molecule has 1 fully saturated rings. The van der Waals surface area contributed by atoms with Crippen LogP contribution in [0.15, 0.2) is 5.38 Å². The molecule has 2 N–H and O–H groups in total. The molecule has 0 spiro atoms. The second-order valence-electron chi connectivity index (χ2n) is 5.76. The first-order chi connectivity index (χ1) is 8.60. The van der Waals surface area contributed by atoms with Gasteiger partial charge in [0.1, 0.15) is 0 Å². The fraction of sp³-hybridized carbons (Fsp3) is 0.786. The van der Waals surface area contributed by atoms with E-state index in [4.69, 9.17) is 5.73 Å². The van der Waals surface area contributed by atoms with E-state index < -0.39 is 0 Å². The first-order valence-corrected chi connectivity index (χ1v) is 7.85. The molecule has 3 unspecified atom stereocenters. The average Bonchev–Trinajstić information content (AvgIpc) is 2.73. The van der Waals surface area contributed by atoms with Gasteiger partial charge in [0.25, 0.3) is 0 Å². The summed E-state index contributed by atoms with van der Waals surface area (Å²) in [5.74, 6) is 1.59. The number of rotatable bonds is 4. The van der Waals surface area contributed by atoms with Gasteiger partial charge in [-0.25, -0.2) is 4.98 Å². The Bertz CT molecular complexity index is 377. The lowest BCUT2D eigenvalue weighted by Gasteiger charge is -2.40. The van der Waals surface area contributed by atoms with Crippen LogP contribution in [0.2, 0.25) is 0 Å². The van der Waals surface area contributed by atoms with Crippen LogP contribution < -0.4 is 5.73 Å². The van der Waals surface area contributed by atoms with Crippen LogP contribution in [0.3, 0.4) is 0 Å². The predicted octanol–water partition coefficient (Wildman–Crippen LogP) is 2.51. The molecule has 102 valence electrons. The average molecular weight is 267 g/mol. The molecule has 0 bridgehead atoms. The summed E-state index contributed by atoms with van der Waals surface area (Å²) in [6.45, 7) is 9.97. The minimum atomic E-state index is 0.667. The highest BCUT2D eigenvalue weighted by atomic mass is 32.1. The largest absolute Gasteiger partial charge is 0.330 e. The highest BCUT2D eigenvalue weighted by Gasteiger charge is 2.28. The van der Waals surface area contributed by atoms with E-state index in [2.05, 4.69) is 36.0 Å². The van der Waals surface area contributed by atoms with Crippen molar-refractivity contribution in [2.75, 3.05) is 13.1 Å². The summed E-state index contributed by atoms with van der Waals surface area (Å²) >= 11 is 1.75. The quantitative estimate of drug-likeness (QED) is 0.911. The van der Waals surface area contributed by atoms with Gasteiger partial charge in [-0.3, -0.25) is 4.90 Å². The second-order valence-corrected chi connectivity index (χ2v) is 6.70. The van der Waals surface area contributed by atoms with E-state index in [1.165, 1.54) is 23.7 Å². The lowest BCUT2D eigenvalue weighted by molar-refractivity contribution is 0.0720. The van der Waals surface area contributed by atoms with Crippen LogP contribution in [0.4, 0.5) is 0 Å². The van der Waals surface area contributed by atoms with E-state index in [9.17, 15) is 0 Å². The summed E-state index contributed by atoms with van der Waals surface area (Å²) in [4.78, 5) is 7.26. The molecule has 1 saturated heterocycles. The molecule has 3 atom stereocenters. The summed E-state index contributed by atoms with van der Waals surface area (Å²) in [5, 5.41) is 3.38. The molecule has 1 aromatic rings. The minimum absolute atomic E-state index is 0.667. The van der Waals surface area contributed by atoms with E-state index >= 15 is 0 Å². The molecule has 0 amide bonds. The van der Waals surface area contributed by atoms with E-state index in [1.54, 1.807) is 11.3 Å². The Kier molecular flexibility index (Phi) is 4.76. The van der Waals surface area contributed by atoms with Gasteiger partial charge in [-0.05, 0) is 31.7 Å². The number of aromatic nitrogens is 1. The lowest BCUT2D eigenvalue weighted by Crippen LogP contribution is -2.45. The molecule has 2 rings (SSSR count). The molecule has 1 aliphatic rings. The van der Waals surface area contributed by atoms with Crippen LogP contribution in [0, 0.1) is 11.8 Å². The molecule has 1 aromatic heterocycles. The van der Waals surface area contributed by atoms with Crippen molar-refractivity contribution in [1.82, 2.24) is 9.88 Å². The van der Waals surface area contributed by atoms with Gasteiger partial charge in [-0.1, -0.05) is 13.8 Å². The summed E-state index contributed by atoms with van der Waals surface area (Å²) < 4.78 is 0. The highest BCUT2D eigenvalue weighted by molar-refractivity contribution is 7.09. The number of nitrogens with zero attached hydrogens (tertiary/aromatic N) is 2. The van der Waals surface area contributed by atoms with Crippen molar-refractivity contribution in [1.29, 1.82) is 0 Å². The maximum absolute atomic E-state index is 5.57. The number of hydrogen-bond acceptors (Lipinski definition) is 4. The van der Waals surface area contributed by atoms with Crippen LogP contribution in [-0.4, -0.2) is 29.0 Å². The topological polar surface area (TPSA) is 42.1 Å². The van der Waals surface area contributed by atoms with Gasteiger partial charge in [-0.2, -0.15) is 0 Å². The van der Waals surface area contributed by atoms with Gasteiger partial charge in [0, 0.05) is 30.9 Å². The lowest BCUT2D eigenvalue weighted by atomic mass is 9.86. The Balaban J connectivity index is 1.98. The Morgan fingerprint density at radius 3 is 2.94 bits per heavy atom. The zero-order valence-electron chi connectivity index (χ0n) is 11.7. The first kappa shape index (κ1) is 14.0. The maximum atomic E-state index is 5.57. The molecule has 18 heavy (non-hydrogen) atoms. The Hall–Kier alpha value is -0.450. The summed E-state index contributed by atoms with van der Waals surface area (Å²) in [7, 11) is 0. The molecular formula is C14H25N3S. The molecule has 0 radical (unpaired) electrons. The second kappa shape index (κ2) is 6.13. The van der Waals surface area contributed by atoms with Crippen LogP contribution in [-0.2, 0) is 13.0 Å². The summed E-state index contributed by atoms with van der Waals surface area (Å²) in [6.07, 6.45) is 2.26. The molecule has 0 saturated carbocycles. The molecular weight excluding hydrogens is 242 g/mol. The monoisotopic (exact) mass is 267 g/mol. The van der Waals surface area contributed by atoms with E-state index in [0.717, 1.165) is 24.8 Å². The molecule has 0 aromatic carbocycles. The normalized spacial score (nSPS) is 29.7. The number of piperidine rings is 1. The van der Waals surface area contributed by atoms with Crippen LogP contribution in [0.25, 0.3) is 0 Å². The molecule has 4 heteroatoms. The van der Waals surface area contributed by atoms with Crippen LogP contribution in [0.5, 0.6) is 0 Å². The third kappa shape index (κ3) is 3.31. The molecule has 0 aliphatic carbocycles. The standard InChI is InChI=1S/C14H25N3S/c1-10-6-11(2)12(3)17(7-10)8-13-9-18-14(16-13)4-5-15/h9-12H,4-8,15H2,1-3H3. The fourth-order valence-corrected chi connectivity index (χ4v) is 3.71. The van der Waals surface area contributed by atoms with Crippen molar-refractivity contribution in [3.05, 3.63) is 16.1 Å². The minimum Gasteiger partial charge on any atom is -0.330 e. The van der Waals surface area contributed by atoms with Crippen molar-refractivity contribution >= 4 is 11.3 Å². The van der Waals surface area contributed by atoms with E-state index in [0.29, 0.717) is 12.6 Å². The Labute approximate surface area is 114 Å². The Morgan fingerprint density at radius 1 is 1.44 bits per heavy atom. The third-order valence-corrected chi connectivity index (χ3v) is 5.00. The predicted molar refractivity (Wildman–Crippen MR) is 77.7 cm³/mol. The number of nitrogens with two attached hydrogens (primary N) is 1. The first-order valence-electron chi connectivity index (χ1n) is 6.97. The SMILES string of the molecule is CC1CC(C)C(C)N(Cc2csc(CCN)n2)C1. The summed E-state index contributed by atoms with van der Waals surface area (Å²) in [6, 6.07) is 0.667. The molecule has 2 heterocycles. The fourth-order valence-electron chi connectivity index (χ4n) is 2.91. The van der Waals surface area contributed by atoms with Gasteiger partial charge in [0.05, 0.1) is 10.7 Å². The Morgan fingerprint density at radius 2 is 2.22 bits per heavy atom. The van der Waals surface area contributed by atoms with Crippen molar-refractivity contribution in [2.45, 2.75) is 46.2 Å². The van der Waals surface area contributed by atoms with Gasteiger partial charge >= 0.3 is 0 Å². The highest BCUT2D eigenvalue weighted by Crippen LogP contribution is 2.28. The van der Waals surface area contributed by atoms with Gasteiger partial charge in [-0.15, -0.1) is 11.3 Å². The molecule has 1 aliphatic heterocycles. The van der Waals surface area contributed by atoms with Crippen molar-refractivity contribution in [2.24, 2.45) is 17.6 Å². The smallest absolute Gasteiger partial charge is 0.0941 e. The van der Waals surface area contributed by atoms with Crippen molar-refractivity contribution in [3.63, 3.8) is 0 Å².